The van der Waals surface area contributed by atoms with E-state index in [1.165, 1.54) is 11.3 Å². The minimum absolute atomic E-state index is 0.154. The van der Waals surface area contributed by atoms with Gasteiger partial charge < -0.3 is 0 Å². The summed E-state index contributed by atoms with van der Waals surface area (Å²) in [6.07, 6.45) is 1.08. The lowest BCUT2D eigenvalue weighted by atomic mass is 10.0. The van der Waals surface area contributed by atoms with E-state index in [0.717, 1.165) is 17.7 Å². The van der Waals surface area contributed by atoms with Gasteiger partial charge in [-0.05, 0) is 13.3 Å². The first-order valence-electron chi connectivity index (χ1n) is 6.06. The molecule has 2 atom stereocenters. The van der Waals surface area contributed by atoms with E-state index >= 15 is 0 Å². The van der Waals surface area contributed by atoms with Gasteiger partial charge in [0.15, 0.2) is 5.78 Å². The number of ketones is 1. The molecule has 1 fully saturated rings. The van der Waals surface area contributed by atoms with Gasteiger partial charge >= 0.3 is 0 Å². The topological polar surface area (TPSA) is 17.1 Å². The minimum Gasteiger partial charge on any atom is -0.293 e. The number of thioether (sulfide) groups is 2. The third-order valence-electron chi connectivity index (χ3n) is 3.05. The van der Waals surface area contributed by atoms with Crippen molar-refractivity contribution in [3.05, 3.63) is 35.4 Å². The predicted molar refractivity (Wildman–Crippen MR) is 78.3 cm³/mol. The molecule has 0 N–H and O–H groups in total. The summed E-state index contributed by atoms with van der Waals surface area (Å²) >= 11 is 3.79. The lowest BCUT2D eigenvalue weighted by molar-refractivity contribution is 0.0988. The molecule has 1 aliphatic rings. The van der Waals surface area contributed by atoms with Gasteiger partial charge in [-0.15, -0.1) is 11.8 Å². The van der Waals surface area contributed by atoms with Crippen molar-refractivity contribution in [3.63, 3.8) is 0 Å². The zero-order chi connectivity index (χ0) is 12.3. The number of carbonyl (C=O) groups is 1. The monoisotopic (exact) mass is 266 g/mol. The molecule has 0 aromatic heterocycles. The Kier molecular flexibility index (Phi) is 4.57. The van der Waals surface area contributed by atoms with E-state index in [0.29, 0.717) is 11.0 Å². The Morgan fingerprint density at radius 2 is 1.88 bits per heavy atom. The molecule has 1 nitrogen and oxygen atoms in total. The van der Waals surface area contributed by atoms with Gasteiger partial charge in [0.2, 0.25) is 0 Å². The van der Waals surface area contributed by atoms with Crippen LogP contribution in [0.1, 0.15) is 29.3 Å². The number of rotatable bonds is 3. The van der Waals surface area contributed by atoms with Gasteiger partial charge in [-0.25, -0.2) is 0 Å². The first-order valence-corrected chi connectivity index (χ1v) is 8.16. The van der Waals surface area contributed by atoms with Crippen LogP contribution in [0.15, 0.2) is 24.3 Å². The number of hydrogen-bond acceptors (Lipinski definition) is 3. The van der Waals surface area contributed by atoms with Crippen LogP contribution >= 0.6 is 23.5 Å². The number of carbonyl (C=O) groups excluding carboxylic acids is 1. The van der Waals surface area contributed by atoms with Gasteiger partial charge in [0.05, 0.1) is 5.25 Å². The third kappa shape index (κ3) is 3.08. The van der Waals surface area contributed by atoms with Crippen molar-refractivity contribution in [1.29, 1.82) is 0 Å². The number of benzene rings is 1. The lowest BCUT2D eigenvalue weighted by Crippen LogP contribution is -2.32. The van der Waals surface area contributed by atoms with E-state index in [9.17, 15) is 4.79 Å². The Balaban J connectivity index is 2.15. The second-order valence-electron chi connectivity index (χ2n) is 4.34. The molecule has 3 heteroatoms. The predicted octanol–water partition coefficient (Wildman–Crippen LogP) is 3.80. The molecule has 0 spiro atoms. The number of Topliss-reactive ketones (excluding diaryl/α,β-unsaturated/α-hetero) is 1. The van der Waals surface area contributed by atoms with Gasteiger partial charge in [0.25, 0.3) is 0 Å². The van der Waals surface area contributed by atoms with Crippen LogP contribution in [-0.2, 0) is 0 Å². The largest absolute Gasteiger partial charge is 0.293 e. The van der Waals surface area contributed by atoms with E-state index in [-0.39, 0.29) is 5.25 Å². The van der Waals surface area contributed by atoms with Crippen molar-refractivity contribution in [1.82, 2.24) is 0 Å². The zero-order valence-corrected chi connectivity index (χ0v) is 11.9. The van der Waals surface area contributed by atoms with Crippen LogP contribution < -0.4 is 0 Å². The summed E-state index contributed by atoms with van der Waals surface area (Å²) in [5, 5.41) is 0.643. The number of hydrogen-bond donors (Lipinski definition) is 0. The quantitative estimate of drug-likeness (QED) is 0.775. The molecule has 1 saturated heterocycles. The molecule has 2 rings (SSSR count). The molecule has 0 aliphatic carbocycles. The lowest BCUT2D eigenvalue weighted by Gasteiger charge is -2.28. The fourth-order valence-corrected chi connectivity index (χ4v) is 5.05. The average molecular weight is 266 g/mol. The van der Waals surface area contributed by atoms with E-state index in [2.05, 4.69) is 6.92 Å². The molecule has 17 heavy (non-hydrogen) atoms. The molecule has 0 radical (unpaired) electrons. The third-order valence-corrected chi connectivity index (χ3v) is 6.29. The molecular formula is C14H18OS2. The fraction of sp³-hybridized carbons (Fsp3) is 0.500. The van der Waals surface area contributed by atoms with Crippen molar-refractivity contribution >= 4 is 29.3 Å². The van der Waals surface area contributed by atoms with Crippen molar-refractivity contribution in [2.75, 3.05) is 11.5 Å². The van der Waals surface area contributed by atoms with Crippen LogP contribution in [0.4, 0.5) is 0 Å². The van der Waals surface area contributed by atoms with Crippen LogP contribution in [0.5, 0.6) is 0 Å². The summed E-state index contributed by atoms with van der Waals surface area (Å²) in [7, 11) is 0. The van der Waals surface area contributed by atoms with Gasteiger partial charge in [-0.2, -0.15) is 11.8 Å². The zero-order valence-electron chi connectivity index (χ0n) is 10.3. The molecular weight excluding hydrogens is 248 g/mol. The minimum atomic E-state index is 0.154. The molecule has 1 heterocycles. The molecule has 1 aliphatic heterocycles. The Morgan fingerprint density at radius 3 is 2.53 bits per heavy atom. The van der Waals surface area contributed by atoms with Crippen LogP contribution in [0.25, 0.3) is 0 Å². The Morgan fingerprint density at radius 1 is 1.24 bits per heavy atom. The molecule has 1 aromatic rings. The summed E-state index contributed by atoms with van der Waals surface area (Å²) in [6, 6.07) is 7.97. The molecule has 0 saturated carbocycles. The van der Waals surface area contributed by atoms with Gasteiger partial charge in [0, 0.05) is 22.3 Å². The molecule has 92 valence electrons. The second-order valence-corrected chi connectivity index (χ2v) is 6.94. The number of aryl methyl sites for hydroxylation is 1. The standard InChI is InChI=1S/C14H18OS2/c1-3-12-14(17-9-8-16-12)13(15)11-6-4-10(2)5-7-11/h4-7,12,14H,3,8-9H2,1-2H3. The smallest absolute Gasteiger partial charge is 0.176 e. The second kappa shape index (κ2) is 5.96. The maximum atomic E-state index is 12.4. The molecule has 1 aromatic carbocycles. The van der Waals surface area contributed by atoms with E-state index in [1.54, 1.807) is 0 Å². The van der Waals surface area contributed by atoms with Crippen molar-refractivity contribution < 1.29 is 4.79 Å². The normalized spacial score (nSPS) is 24.6. The first-order chi connectivity index (χ1) is 8.22. The molecule has 0 bridgehead atoms. The van der Waals surface area contributed by atoms with E-state index in [1.807, 2.05) is 54.7 Å². The van der Waals surface area contributed by atoms with Crippen LogP contribution in [0.3, 0.4) is 0 Å². The Labute approximate surface area is 112 Å². The van der Waals surface area contributed by atoms with Crippen LogP contribution in [0, 0.1) is 6.92 Å². The van der Waals surface area contributed by atoms with Crippen molar-refractivity contribution in [2.24, 2.45) is 0 Å². The van der Waals surface area contributed by atoms with Crippen molar-refractivity contribution in [2.45, 2.75) is 30.8 Å². The average Bonchev–Trinajstić information content (AvgIpc) is 2.39. The summed E-state index contributed by atoms with van der Waals surface area (Å²) < 4.78 is 0. The summed E-state index contributed by atoms with van der Waals surface area (Å²) in [5.74, 6) is 2.60. The van der Waals surface area contributed by atoms with Gasteiger partial charge in [0.1, 0.15) is 0 Å². The van der Waals surface area contributed by atoms with Crippen LogP contribution in [-0.4, -0.2) is 27.8 Å². The maximum absolute atomic E-state index is 12.4. The SMILES string of the molecule is CCC1SCCSC1C(=O)c1ccc(C)cc1. The molecule has 2 unspecified atom stereocenters. The van der Waals surface area contributed by atoms with Crippen molar-refractivity contribution in [3.8, 4) is 0 Å². The Hall–Kier alpha value is -0.410. The Bertz CT molecular complexity index is 386. The highest BCUT2D eigenvalue weighted by atomic mass is 32.2. The van der Waals surface area contributed by atoms with E-state index < -0.39 is 0 Å². The van der Waals surface area contributed by atoms with Gasteiger partial charge in [-0.1, -0.05) is 36.8 Å². The van der Waals surface area contributed by atoms with Crippen LogP contribution in [0.2, 0.25) is 0 Å². The highest BCUT2D eigenvalue weighted by molar-refractivity contribution is 8.07. The summed E-state index contributed by atoms with van der Waals surface area (Å²) in [5.41, 5.74) is 2.08. The fourth-order valence-electron chi connectivity index (χ4n) is 2.03. The maximum Gasteiger partial charge on any atom is 0.176 e. The highest BCUT2D eigenvalue weighted by Crippen LogP contribution is 2.35. The summed E-state index contributed by atoms with van der Waals surface area (Å²) in [6.45, 7) is 4.23. The highest BCUT2D eigenvalue weighted by Gasteiger charge is 2.31. The summed E-state index contributed by atoms with van der Waals surface area (Å²) in [4.78, 5) is 12.4. The molecule has 0 amide bonds. The van der Waals surface area contributed by atoms with E-state index in [4.69, 9.17) is 0 Å². The first kappa shape index (κ1) is 13.0. The van der Waals surface area contributed by atoms with Gasteiger partial charge in [-0.3, -0.25) is 4.79 Å².